The lowest BCUT2D eigenvalue weighted by Crippen LogP contribution is -2.42. The molecule has 0 aromatic carbocycles. The molecule has 2 aliphatic rings. The molecular formula is C18H27NO3S. The number of rotatable bonds is 5. The summed E-state index contributed by atoms with van der Waals surface area (Å²) in [5.74, 6) is 0.297. The van der Waals surface area contributed by atoms with E-state index >= 15 is 0 Å². The molecule has 1 saturated heterocycles. The molecular weight excluding hydrogens is 310 g/mol. The molecule has 1 aliphatic carbocycles. The lowest BCUT2D eigenvalue weighted by atomic mass is 9.84. The summed E-state index contributed by atoms with van der Waals surface area (Å²) < 4.78 is 5.34. The molecule has 2 N–H and O–H groups in total. The van der Waals surface area contributed by atoms with Crippen LogP contribution < -0.4 is 5.32 Å². The van der Waals surface area contributed by atoms with Crippen molar-refractivity contribution in [1.82, 2.24) is 5.32 Å². The number of nitrogens with one attached hydrogen (secondary N) is 1. The minimum Gasteiger partial charge on any atom is -0.388 e. The number of hydrogen-bond donors (Lipinski definition) is 2. The average Bonchev–Trinajstić information content (AvgIpc) is 3.23. The number of carbonyl (C=O) groups excluding carboxylic acids is 1. The summed E-state index contributed by atoms with van der Waals surface area (Å²) in [5.41, 5.74) is 0.0681. The van der Waals surface area contributed by atoms with Gasteiger partial charge in [-0.2, -0.15) is 0 Å². The Kier molecular flexibility index (Phi) is 5.39. The molecule has 1 atom stereocenters. The molecule has 0 radical (unpaired) electrons. The van der Waals surface area contributed by atoms with Gasteiger partial charge < -0.3 is 15.2 Å². The van der Waals surface area contributed by atoms with Crippen molar-refractivity contribution in [2.24, 2.45) is 5.92 Å². The maximum Gasteiger partial charge on any atom is 0.223 e. The Morgan fingerprint density at radius 2 is 2.09 bits per heavy atom. The van der Waals surface area contributed by atoms with Crippen LogP contribution in [0.5, 0.6) is 0 Å². The quantitative estimate of drug-likeness (QED) is 0.868. The summed E-state index contributed by atoms with van der Waals surface area (Å²) >= 11 is 1.70. The molecule has 3 rings (SSSR count). The second-order valence-corrected chi connectivity index (χ2v) is 8.09. The van der Waals surface area contributed by atoms with Crippen molar-refractivity contribution in [1.29, 1.82) is 0 Å². The highest BCUT2D eigenvalue weighted by atomic mass is 32.1. The Hall–Kier alpha value is -0.910. The molecule has 1 saturated carbocycles. The molecule has 23 heavy (non-hydrogen) atoms. The van der Waals surface area contributed by atoms with E-state index in [9.17, 15) is 9.90 Å². The van der Waals surface area contributed by atoms with Crippen molar-refractivity contribution in [2.75, 3.05) is 19.8 Å². The first kappa shape index (κ1) is 16.9. The van der Waals surface area contributed by atoms with E-state index < -0.39 is 6.10 Å². The zero-order chi connectivity index (χ0) is 16.3. The predicted octanol–water partition coefficient (Wildman–Crippen LogP) is 3.16. The second-order valence-electron chi connectivity index (χ2n) is 6.97. The lowest BCUT2D eigenvalue weighted by molar-refractivity contribution is -0.128. The van der Waals surface area contributed by atoms with Crippen LogP contribution in [0.25, 0.3) is 0 Å². The number of aliphatic hydroxyl groups is 1. The van der Waals surface area contributed by atoms with Gasteiger partial charge in [-0.1, -0.05) is 12.8 Å². The van der Waals surface area contributed by atoms with Crippen molar-refractivity contribution in [3.8, 4) is 0 Å². The highest BCUT2D eigenvalue weighted by Crippen LogP contribution is 2.44. The van der Waals surface area contributed by atoms with Crippen LogP contribution in [0.1, 0.15) is 61.3 Å². The Morgan fingerprint density at radius 3 is 2.70 bits per heavy atom. The van der Waals surface area contributed by atoms with Crippen molar-refractivity contribution < 1.29 is 14.6 Å². The van der Waals surface area contributed by atoms with E-state index in [0.29, 0.717) is 13.2 Å². The van der Waals surface area contributed by atoms with Crippen molar-refractivity contribution in [2.45, 2.75) is 57.0 Å². The van der Waals surface area contributed by atoms with Crippen molar-refractivity contribution in [3.63, 3.8) is 0 Å². The molecule has 1 aromatic heterocycles. The van der Waals surface area contributed by atoms with Crippen LogP contribution in [0.3, 0.4) is 0 Å². The van der Waals surface area contributed by atoms with Gasteiger partial charge in [-0.05, 0) is 44.7 Å². The van der Waals surface area contributed by atoms with Crippen LogP contribution in [-0.2, 0) is 14.9 Å². The number of aliphatic hydroxyl groups excluding tert-OH is 1. The number of thiophene rings is 1. The number of hydrogen-bond acceptors (Lipinski definition) is 4. The summed E-state index contributed by atoms with van der Waals surface area (Å²) in [7, 11) is 0. The van der Waals surface area contributed by atoms with E-state index in [1.807, 2.05) is 13.0 Å². The standard InChI is InChI=1S/C18H27NO3S/c1-13(20)15-4-5-16(23-15)18(8-2-3-9-18)12-19-17(21)14-6-10-22-11-7-14/h4-5,13-14,20H,2-3,6-12H2,1H3,(H,19,21). The van der Waals surface area contributed by atoms with E-state index in [2.05, 4.69) is 11.4 Å². The highest BCUT2D eigenvalue weighted by molar-refractivity contribution is 7.12. The van der Waals surface area contributed by atoms with Gasteiger partial charge in [0.05, 0.1) is 6.10 Å². The van der Waals surface area contributed by atoms with E-state index in [-0.39, 0.29) is 17.2 Å². The maximum atomic E-state index is 12.4. The van der Waals surface area contributed by atoms with Gasteiger partial charge in [0.25, 0.3) is 0 Å². The number of ether oxygens (including phenoxy) is 1. The van der Waals surface area contributed by atoms with Crippen LogP contribution in [0.4, 0.5) is 0 Å². The van der Waals surface area contributed by atoms with Crippen LogP contribution in [0.15, 0.2) is 12.1 Å². The summed E-state index contributed by atoms with van der Waals surface area (Å²) in [5, 5.41) is 13.0. The van der Waals surface area contributed by atoms with E-state index in [4.69, 9.17) is 4.74 Å². The van der Waals surface area contributed by atoms with Crippen molar-refractivity contribution >= 4 is 17.2 Å². The van der Waals surface area contributed by atoms with Gasteiger partial charge >= 0.3 is 0 Å². The van der Waals surface area contributed by atoms with Crippen LogP contribution in [0, 0.1) is 5.92 Å². The number of amides is 1. The largest absolute Gasteiger partial charge is 0.388 e. The third-order valence-corrected chi connectivity index (χ3v) is 6.82. The molecule has 1 unspecified atom stereocenters. The molecule has 0 bridgehead atoms. The summed E-state index contributed by atoms with van der Waals surface area (Å²) in [6, 6.07) is 4.18. The first-order valence-electron chi connectivity index (χ1n) is 8.74. The van der Waals surface area contributed by atoms with Crippen molar-refractivity contribution in [3.05, 3.63) is 21.9 Å². The molecule has 5 heteroatoms. The minimum absolute atomic E-state index is 0.0681. The maximum absolute atomic E-state index is 12.4. The van der Waals surface area contributed by atoms with Gasteiger partial charge in [0.2, 0.25) is 5.91 Å². The SMILES string of the molecule is CC(O)c1ccc(C2(CNC(=O)C3CCOCC3)CCCC2)s1. The van der Waals surface area contributed by atoms with Gasteiger partial charge in [0.15, 0.2) is 0 Å². The molecule has 1 amide bonds. The second kappa shape index (κ2) is 7.32. The Labute approximate surface area is 142 Å². The zero-order valence-electron chi connectivity index (χ0n) is 13.8. The first-order chi connectivity index (χ1) is 11.1. The topological polar surface area (TPSA) is 58.6 Å². The highest BCUT2D eigenvalue weighted by Gasteiger charge is 2.38. The molecule has 2 heterocycles. The Morgan fingerprint density at radius 1 is 1.39 bits per heavy atom. The third kappa shape index (κ3) is 3.78. The number of carbonyl (C=O) groups is 1. The van der Waals surface area contributed by atoms with E-state index in [1.165, 1.54) is 17.7 Å². The molecule has 2 fully saturated rings. The Bertz CT molecular complexity index is 528. The average molecular weight is 337 g/mol. The van der Waals surface area contributed by atoms with Crippen LogP contribution >= 0.6 is 11.3 Å². The first-order valence-corrected chi connectivity index (χ1v) is 9.56. The van der Waals surface area contributed by atoms with Gasteiger partial charge in [-0.3, -0.25) is 4.79 Å². The van der Waals surface area contributed by atoms with Crippen LogP contribution in [0.2, 0.25) is 0 Å². The summed E-state index contributed by atoms with van der Waals surface area (Å²) in [6.45, 7) is 3.94. The molecule has 0 spiro atoms. The van der Waals surface area contributed by atoms with Gasteiger partial charge in [0, 0.05) is 40.8 Å². The molecule has 1 aliphatic heterocycles. The molecule has 128 valence electrons. The third-order valence-electron chi connectivity index (χ3n) is 5.31. The van der Waals surface area contributed by atoms with E-state index in [1.54, 1.807) is 11.3 Å². The summed E-state index contributed by atoms with van der Waals surface area (Å²) in [6.07, 6.45) is 5.95. The predicted molar refractivity (Wildman–Crippen MR) is 91.7 cm³/mol. The molecule has 4 nitrogen and oxygen atoms in total. The molecule has 1 aromatic rings. The Balaban J connectivity index is 1.67. The monoisotopic (exact) mass is 337 g/mol. The fourth-order valence-corrected chi connectivity index (χ4v) is 4.97. The summed E-state index contributed by atoms with van der Waals surface area (Å²) in [4.78, 5) is 14.8. The van der Waals surface area contributed by atoms with Gasteiger partial charge in [-0.15, -0.1) is 11.3 Å². The fraction of sp³-hybridized carbons (Fsp3) is 0.722. The normalized spacial score (nSPS) is 22.9. The van der Waals surface area contributed by atoms with Gasteiger partial charge in [-0.25, -0.2) is 0 Å². The van der Waals surface area contributed by atoms with Gasteiger partial charge in [0.1, 0.15) is 0 Å². The fourth-order valence-electron chi connectivity index (χ4n) is 3.78. The minimum atomic E-state index is -0.413. The van der Waals surface area contributed by atoms with Crippen LogP contribution in [-0.4, -0.2) is 30.8 Å². The smallest absolute Gasteiger partial charge is 0.223 e. The zero-order valence-corrected chi connectivity index (χ0v) is 14.7. The van der Waals surface area contributed by atoms with E-state index in [0.717, 1.165) is 37.1 Å². The lowest BCUT2D eigenvalue weighted by Gasteiger charge is -2.30.